The minimum atomic E-state index is -0.272. The lowest BCUT2D eigenvalue weighted by molar-refractivity contribution is -0.120. The number of halogens is 1. The van der Waals surface area contributed by atoms with E-state index in [0.717, 1.165) is 10.2 Å². The van der Waals surface area contributed by atoms with Crippen LogP contribution in [0.2, 0.25) is 0 Å². The molecule has 21 heavy (non-hydrogen) atoms. The molecule has 0 unspecified atom stereocenters. The third-order valence-corrected chi connectivity index (χ3v) is 3.32. The second-order valence-electron chi connectivity index (χ2n) is 4.37. The molecule has 7 heteroatoms. The smallest absolute Gasteiger partial charge is 0.251 e. The number of amides is 2. The SMILES string of the molecule is O=C(CNC(=O)c1ccc(Br)cc1)NCCc1cnc[nH]1. The maximum Gasteiger partial charge on any atom is 0.251 e. The first-order valence-corrected chi connectivity index (χ1v) is 7.22. The van der Waals surface area contributed by atoms with Crippen molar-refractivity contribution in [3.8, 4) is 0 Å². The molecule has 1 heterocycles. The van der Waals surface area contributed by atoms with E-state index in [1.807, 2.05) is 0 Å². The first-order valence-electron chi connectivity index (χ1n) is 6.43. The van der Waals surface area contributed by atoms with Gasteiger partial charge < -0.3 is 15.6 Å². The molecule has 2 rings (SSSR count). The van der Waals surface area contributed by atoms with Crippen molar-refractivity contribution in [3.63, 3.8) is 0 Å². The highest BCUT2D eigenvalue weighted by Crippen LogP contribution is 2.10. The van der Waals surface area contributed by atoms with E-state index in [0.29, 0.717) is 18.5 Å². The molecule has 2 amide bonds. The van der Waals surface area contributed by atoms with Crippen molar-refractivity contribution in [2.24, 2.45) is 0 Å². The number of hydrogen-bond donors (Lipinski definition) is 3. The van der Waals surface area contributed by atoms with E-state index in [1.54, 1.807) is 36.8 Å². The van der Waals surface area contributed by atoms with Gasteiger partial charge in [0.15, 0.2) is 0 Å². The third kappa shape index (κ3) is 5.03. The summed E-state index contributed by atoms with van der Waals surface area (Å²) in [6.45, 7) is 0.451. The Hall–Kier alpha value is -2.15. The topological polar surface area (TPSA) is 86.9 Å². The Bertz CT molecular complexity index is 596. The van der Waals surface area contributed by atoms with Gasteiger partial charge in [-0.1, -0.05) is 15.9 Å². The summed E-state index contributed by atoms with van der Waals surface area (Å²) >= 11 is 3.30. The molecule has 0 spiro atoms. The van der Waals surface area contributed by atoms with E-state index in [9.17, 15) is 9.59 Å². The molecule has 110 valence electrons. The largest absolute Gasteiger partial charge is 0.354 e. The minimum Gasteiger partial charge on any atom is -0.354 e. The Morgan fingerprint density at radius 2 is 1.95 bits per heavy atom. The van der Waals surface area contributed by atoms with E-state index in [-0.39, 0.29) is 18.4 Å². The van der Waals surface area contributed by atoms with Gasteiger partial charge in [-0.2, -0.15) is 0 Å². The molecule has 1 aromatic carbocycles. The van der Waals surface area contributed by atoms with Crippen molar-refractivity contribution in [2.45, 2.75) is 6.42 Å². The zero-order chi connectivity index (χ0) is 15.1. The molecule has 0 bridgehead atoms. The van der Waals surface area contributed by atoms with Crippen LogP contribution < -0.4 is 10.6 Å². The highest BCUT2D eigenvalue weighted by atomic mass is 79.9. The van der Waals surface area contributed by atoms with Gasteiger partial charge in [0.05, 0.1) is 12.9 Å². The maximum absolute atomic E-state index is 11.8. The van der Waals surface area contributed by atoms with Gasteiger partial charge in [-0.25, -0.2) is 4.98 Å². The number of hydrogen-bond acceptors (Lipinski definition) is 3. The van der Waals surface area contributed by atoms with Crippen molar-refractivity contribution in [1.29, 1.82) is 0 Å². The van der Waals surface area contributed by atoms with Gasteiger partial charge in [0.25, 0.3) is 5.91 Å². The zero-order valence-electron chi connectivity index (χ0n) is 11.2. The molecule has 1 aromatic heterocycles. The number of aromatic amines is 1. The number of benzene rings is 1. The van der Waals surface area contributed by atoms with Crippen LogP contribution in [0.5, 0.6) is 0 Å². The van der Waals surface area contributed by atoms with Crippen molar-refractivity contribution < 1.29 is 9.59 Å². The quantitative estimate of drug-likeness (QED) is 0.732. The van der Waals surface area contributed by atoms with Gasteiger partial charge in [0.1, 0.15) is 0 Å². The number of nitrogens with zero attached hydrogens (tertiary/aromatic N) is 1. The van der Waals surface area contributed by atoms with Gasteiger partial charge >= 0.3 is 0 Å². The summed E-state index contributed by atoms with van der Waals surface area (Å²) in [4.78, 5) is 30.2. The van der Waals surface area contributed by atoms with Crippen LogP contribution >= 0.6 is 15.9 Å². The molecule has 2 aromatic rings. The summed E-state index contributed by atoms with van der Waals surface area (Å²) in [7, 11) is 0. The molecule has 0 saturated heterocycles. The molecule has 0 atom stereocenters. The van der Waals surface area contributed by atoms with E-state index in [1.165, 1.54) is 0 Å². The average Bonchev–Trinajstić information content (AvgIpc) is 2.99. The zero-order valence-corrected chi connectivity index (χ0v) is 12.8. The lowest BCUT2D eigenvalue weighted by Crippen LogP contribution is -2.37. The van der Waals surface area contributed by atoms with Crippen LogP contribution in [0.1, 0.15) is 16.1 Å². The molecular weight excluding hydrogens is 336 g/mol. The maximum atomic E-state index is 11.8. The summed E-state index contributed by atoms with van der Waals surface area (Å²) in [5.41, 5.74) is 1.47. The Morgan fingerprint density at radius 1 is 1.19 bits per heavy atom. The van der Waals surface area contributed by atoms with Crippen molar-refractivity contribution >= 4 is 27.7 Å². The van der Waals surface area contributed by atoms with E-state index < -0.39 is 0 Å². The van der Waals surface area contributed by atoms with E-state index >= 15 is 0 Å². The number of rotatable bonds is 6. The Kier molecular flexibility index (Phi) is 5.51. The van der Waals surface area contributed by atoms with Crippen LogP contribution in [-0.2, 0) is 11.2 Å². The second-order valence-corrected chi connectivity index (χ2v) is 5.28. The summed E-state index contributed by atoms with van der Waals surface area (Å²) in [6, 6.07) is 6.93. The molecule has 0 fully saturated rings. The summed E-state index contributed by atoms with van der Waals surface area (Å²) < 4.78 is 0.899. The number of H-pyrrole nitrogens is 1. The molecular formula is C14H15BrN4O2. The summed E-state index contributed by atoms with van der Waals surface area (Å²) in [6.07, 6.45) is 3.98. The fourth-order valence-electron chi connectivity index (χ4n) is 1.68. The average molecular weight is 351 g/mol. The van der Waals surface area contributed by atoms with Gasteiger partial charge in [0.2, 0.25) is 5.91 Å². The molecule has 0 saturated carbocycles. The third-order valence-electron chi connectivity index (χ3n) is 2.79. The molecule has 3 N–H and O–H groups in total. The van der Waals surface area contributed by atoms with E-state index in [2.05, 4.69) is 36.5 Å². The van der Waals surface area contributed by atoms with Crippen LogP contribution in [0.4, 0.5) is 0 Å². The fourth-order valence-corrected chi connectivity index (χ4v) is 1.95. The predicted molar refractivity (Wildman–Crippen MR) is 81.8 cm³/mol. The monoisotopic (exact) mass is 350 g/mol. The standard InChI is InChI=1S/C14H15BrN4O2/c15-11-3-1-10(2-4-11)14(21)18-8-13(20)17-6-5-12-7-16-9-19-12/h1-4,7,9H,5-6,8H2,(H,16,19)(H,17,20)(H,18,21). The predicted octanol–water partition coefficient (Wildman–Crippen LogP) is 1.26. The molecule has 0 aliphatic heterocycles. The molecule has 6 nitrogen and oxygen atoms in total. The Morgan fingerprint density at radius 3 is 2.62 bits per heavy atom. The highest BCUT2D eigenvalue weighted by molar-refractivity contribution is 9.10. The lowest BCUT2D eigenvalue weighted by Gasteiger charge is -2.06. The number of nitrogens with one attached hydrogen (secondary N) is 3. The summed E-state index contributed by atoms with van der Waals surface area (Å²) in [5.74, 6) is -0.494. The summed E-state index contributed by atoms with van der Waals surface area (Å²) in [5, 5.41) is 5.30. The first kappa shape index (κ1) is 15.2. The van der Waals surface area contributed by atoms with Crippen LogP contribution in [-0.4, -0.2) is 34.9 Å². The van der Waals surface area contributed by atoms with Gasteiger partial charge in [-0.05, 0) is 24.3 Å². The van der Waals surface area contributed by atoms with Crippen LogP contribution in [0.3, 0.4) is 0 Å². The van der Waals surface area contributed by atoms with E-state index in [4.69, 9.17) is 0 Å². The molecule has 0 aliphatic carbocycles. The Balaban J connectivity index is 1.68. The number of carbonyl (C=O) groups excluding carboxylic acids is 2. The molecule has 0 radical (unpaired) electrons. The van der Waals surface area contributed by atoms with Crippen LogP contribution in [0, 0.1) is 0 Å². The van der Waals surface area contributed by atoms with Crippen molar-refractivity contribution in [3.05, 3.63) is 52.5 Å². The molecule has 0 aliphatic rings. The van der Waals surface area contributed by atoms with Gasteiger partial charge in [0, 0.05) is 34.9 Å². The van der Waals surface area contributed by atoms with Crippen LogP contribution in [0.15, 0.2) is 41.3 Å². The second kappa shape index (κ2) is 7.58. The number of imidazole rings is 1. The fraction of sp³-hybridized carbons (Fsp3) is 0.214. The van der Waals surface area contributed by atoms with Crippen molar-refractivity contribution in [1.82, 2.24) is 20.6 Å². The lowest BCUT2D eigenvalue weighted by atomic mass is 10.2. The Labute approximate surface area is 130 Å². The number of aromatic nitrogens is 2. The first-order chi connectivity index (χ1) is 10.1. The van der Waals surface area contributed by atoms with Crippen molar-refractivity contribution in [2.75, 3.05) is 13.1 Å². The van der Waals surface area contributed by atoms with Gasteiger partial charge in [-0.3, -0.25) is 9.59 Å². The number of carbonyl (C=O) groups is 2. The van der Waals surface area contributed by atoms with Crippen LogP contribution in [0.25, 0.3) is 0 Å². The highest BCUT2D eigenvalue weighted by Gasteiger charge is 2.07. The van der Waals surface area contributed by atoms with Gasteiger partial charge in [-0.15, -0.1) is 0 Å². The minimum absolute atomic E-state index is 0.0438. The normalized spacial score (nSPS) is 10.1.